The third-order valence-corrected chi connectivity index (χ3v) is 2.96. The van der Waals surface area contributed by atoms with Gasteiger partial charge in [-0.1, -0.05) is 36.4 Å². The molecule has 0 saturated carbocycles. The predicted octanol–water partition coefficient (Wildman–Crippen LogP) is 4.09. The average Bonchev–Trinajstić information content (AvgIpc) is 2.54. The molecular formula is C17H19N3O2. The van der Waals surface area contributed by atoms with Crippen molar-refractivity contribution in [3.8, 4) is 0 Å². The Morgan fingerprint density at radius 1 is 1.09 bits per heavy atom. The summed E-state index contributed by atoms with van der Waals surface area (Å²) in [6.07, 6.45) is -0.473. The predicted molar refractivity (Wildman–Crippen MR) is 89.4 cm³/mol. The summed E-state index contributed by atoms with van der Waals surface area (Å²) in [4.78, 5) is 11.6. The highest BCUT2D eigenvalue weighted by molar-refractivity contribution is 6.06. The van der Waals surface area contributed by atoms with Crippen LogP contribution in [0.5, 0.6) is 0 Å². The molecular weight excluding hydrogens is 278 g/mol. The smallest absolute Gasteiger partial charge is 0.411 e. The number of benzene rings is 2. The fourth-order valence-corrected chi connectivity index (χ4v) is 1.91. The number of carbonyl (C=O) groups is 1. The van der Waals surface area contributed by atoms with Gasteiger partial charge in [-0.25, -0.2) is 4.79 Å². The van der Waals surface area contributed by atoms with E-state index in [9.17, 15) is 4.79 Å². The Balaban J connectivity index is 2.15. The molecule has 114 valence electrons. The standard InChI is InChI=1S/C17H19N3O2/c1-3-22-17(21)18-16-12-8-7-11-15(16)13(2)19-20-14-9-5-4-6-10-14/h4-12,20H,3H2,1-2H3,(H,18,21)/b19-13-. The molecule has 0 aromatic heterocycles. The minimum Gasteiger partial charge on any atom is -0.450 e. The second-order valence-electron chi connectivity index (χ2n) is 4.57. The van der Waals surface area contributed by atoms with Crippen molar-refractivity contribution in [2.24, 2.45) is 5.10 Å². The fraction of sp³-hybridized carbons (Fsp3) is 0.176. The lowest BCUT2D eigenvalue weighted by molar-refractivity contribution is 0.168. The summed E-state index contributed by atoms with van der Waals surface area (Å²) < 4.78 is 4.90. The van der Waals surface area contributed by atoms with Crippen LogP contribution in [-0.4, -0.2) is 18.4 Å². The van der Waals surface area contributed by atoms with Crippen LogP contribution >= 0.6 is 0 Å². The molecule has 2 rings (SSSR count). The Kier molecular flexibility index (Phi) is 5.54. The number of carbonyl (C=O) groups excluding carboxylic acids is 1. The molecule has 0 atom stereocenters. The van der Waals surface area contributed by atoms with Crippen LogP contribution in [0.3, 0.4) is 0 Å². The van der Waals surface area contributed by atoms with Gasteiger partial charge in [0.25, 0.3) is 0 Å². The maximum Gasteiger partial charge on any atom is 0.411 e. The minimum absolute atomic E-state index is 0.330. The molecule has 2 aromatic rings. The van der Waals surface area contributed by atoms with Crippen molar-refractivity contribution >= 4 is 23.2 Å². The Morgan fingerprint density at radius 2 is 1.77 bits per heavy atom. The SMILES string of the molecule is CCOC(=O)Nc1ccccc1/C(C)=N\Nc1ccccc1. The molecule has 22 heavy (non-hydrogen) atoms. The highest BCUT2D eigenvalue weighted by atomic mass is 16.5. The summed E-state index contributed by atoms with van der Waals surface area (Å²) in [6.45, 7) is 3.97. The normalized spacial score (nSPS) is 10.9. The van der Waals surface area contributed by atoms with Crippen molar-refractivity contribution in [3.63, 3.8) is 0 Å². The van der Waals surface area contributed by atoms with Crippen molar-refractivity contribution in [2.45, 2.75) is 13.8 Å². The number of hydrogen-bond acceptors (Lipinski definition) is 4. The van der Waals surface area contributed by atoms with Crippen LogP contribution in [0.4, 0.5) is 16.2 Å². The van der Waals surface area contributed by atoms with Gasteiger partial charge in [0.15, 0.2) is 0 Å². The molecule has 1 amide bonds. The van der Waals surface area contributed by atoms with Crippen molar-refractivity contribution in [3.05, 3.63) is 60.2 Å². The van der Waals surface area contributed by atoms with Gasteiger partial charge < -0.3 is 4.74 Å². The number of nitrogens with zero attached hydrogens (tertiary/aromatic N) is 1. The molecule has 0 saturated heterocycles. The van der Waals surface area contributed by atoms with Crippen LogP contribution in [-0.2, 0) is 4.74 Å². The van der Waals surface area contributed by atoms with Gasteiger partial charge in [-0.2, -0.15) is 5.10 Å². The fourth-order valence-electron chi connectivity index (χ4n) is 1.91. The summed E-state index contributed by atoms with van der Waals surface area (Å²) in [6, 6.07) is 17.1. The summed E-state index contributed by atoms with van der Waals surface area (Å²) >= 11 is 0. The number of anilines is 2. The lowest BCUT2D eigenvalue weighted by Gasteiger charge is -2.11. The zero-order valence-electron chi connectivity index (χ0n) is 12.7. The van der Waals surface area contributed by atoms with E-state index in [1.165, 1.54) is 0 Å². The monoisotopic (exact) mass is 297 g/mol. The molecule has 5 nitrogen and oxygen atoms in total. The van der Waals surface area contributed by atoms with Gasteiger partial charge in [0.1, 0.15) is 0 Å². The maximum absolute atomic E-state index is 11.6. The first-order valence-electron chi connectivity index (χ1n) is 7.09. The van der Waals surface area contributed by atoms with E-state index < -0.39 is 6.09 Å². The Labute approximate surface area is 130 Å². The van der Waals surface area contributed by atoms with Gasteiger partial charge in [-0.05, 0) is 32.0 Å². The molecule has 0 heterocycles. The van der Waals surface area contributed by atoms with E-state index in [1.807, 2.05) is 61.5 Å². The van der Waals surface area contributed by atoms with Gasteiger partial charge >= 0.3 is 6.09 Å². The summed E-state index contributed by atoms with van der Waals surface area (Å²) in [5.41, 5.74) is 6.15. The van der Waals surface area contributed by atoms with Gasteiger partial charge in [0.05, 0.1) is 23.7 Å². The number of nitrogens with one attached hydrogen (secondary N) is 2. The van der Waals surface area contributed by atoms with Crippen molar-refractivity contribution in [1.82, 2.24) is 0 Å². The molecule has 2 N–H and O–H groups in total. The third-order valence-electron chi connectivity index (χ3n) is 2.96. The van der Waals surface area contributed by atoms with E-state index in [0.29, 0.717) is 12.3 Å². The molecule has 0 aliphatic heterocycles. The largest absolute Gasteiger partial charge is 0.450 e. The van der Waals surface area contributed by atoms with E-state index >= 15 is 0 Å². The van der Waals surface area contributed by atoms with E-state index in [2.05, 4.69) is 15.8 Å². The van der Waals surface area contributed by atoms with E-state index in [0.717, 1.165) is 17.0 Å². The molecule has 0 radical (unpaired) electrons. The second kappa shape index (κ2) is 7.83. The van der Waals surface area contributed by atoms with Crippen LogP contribution in [0.1, 0.15) is 19.4 Å². The van der Waals surface area contributed by atoms with Crippen molar-refractivity contribution < 1.29 is 9.53 Å². The zero-order chi connectivity index (χ0) is 15.8. The number of para-hydroxylation sites is 2. The first-order valence-corrected chi connectivity index (χ1v) is 7.09. The molecule has 5 heteroatoms. The summed E-state index contributed by atoms with van der Waals surface area (Å²) in [5.74, 6) is 0. The average molecular weight is 297 g/mol. The zero-order valence-corrected chi connectivity index (χ0v) is 12.7. The molecule has 0 fully saturated rings. The lowest BCUT2D eigenvalue weighted by atomic mass is 10.1. The van der Waals surface area contributed by atoms with Crippen LogP contribution in [0.15, 0.2) is 59.7 Å². The topological polar surface area (TPSA) is 62.7 Å². The van der Waals surface area contributed by atoms with Crippen LogP contribution in [0.25, 0.3) is 0 Å². The van der Waals surface area contributed by atoms with Crippen LogP contribution < -0.4 is 10.7 Å². The van der Waals surface area contributed by atoms with Gasteiger partial charge in [0.2, 0.25) is 0 Å². The van der Waals surface area contributed by atoms with Crippen molar-refractivity contribution in [1.29, 1.82) is 0 Å². The number of amides is 1. The number of ether oxygens (including phenoxy) is 1. The van der Waals surface area contributed by atoms with Gasteiger partial charge in [-0.15, -0.1) is 0 Å². The molecule has 0 spiro atoms. The first-order chi connectivity index (χ1) is 10.7. The van der Waals surface area contributed by atoms with Crippen LogP contribution in [0, 0.1) is 0 Å². The van der Waals surface area contributed by atoms with Crippen LogP contribution in [0.2, 0.25) is 0 Å². The second-order valence-corrected chi connectivity index (χ2v) is 4.57. The van der Waals surface area contributed by atoms with E-state index in [1.54, 1.807) is 6.92 Å². The van der Waals surface area contributed by atoms with Crippen molar-refractivity contribution in [2.75, 3.05) is 17.3 Å². The van der Waals surface area contributed by atoms with E-state index in [-0.39, 0.29) is 0 Å². The highest BCUT2D eigenvalue weighted by Gasteiger charge is 2.08. The lowest BCUT2D eigenvalue weighted by Crippen LogP contribution is -2.15. The number of hydrazone groups is 1. The molecule has 0 bridgehead atoms. The quantitative estimate of drug-likeness (QED) is 0.645. The molecule has 2 aromatic carbocycles. The molecule has 0 aliphatic carbocycles. The maximum atomic E-state index is 11.6. The number of hydrogen-bond donors (Lipinski definition) is 2. The van der Waals surface area contributed by atoms with Gasteiger partial charge in [-0.3, -0.25) is 10.7 Å². The number of rotatable bonds is 5. The molecule has 0 unspecified atom stereocenters. The Bertz CT molecular complexity index is 654. The molecule has 0 aliphatic rings. The van der Waals surface area contributed by atoms with Gasteiger partial charge in [0, 0.05) is 5.56 Å². The summed E-state index contributed by atoms with van der Waals surface area (Å²) in [5, 5.41) is 7.07. The van der Waals surface area contributed by atoms with E-state index in [4.69, 9.17) is 4.74 Å². The first kappa shape index (κ1) is 15.6. The highest BCUT2D eigenvalue weighted by Crippen LogP contribution is 2.17. The Hall–Kier alpha value is -2.82. The third kappa shape index (κ3) is 4.34. The Morgan fingerprint density at radius 3 is 2.50 bits per heavy atom. The summed E-state index contributed by atoms with van der Waals surface area (Å²) in [7, 11) is 0. The minimum atomic E-state index is -0.473.